The van der Waals surface area contributed by atoms with Crippen LogP contribution in [-0.2, 0) is 17.8 Å². The minimum absolute atomic E-state index is 0.0572. The molecule has 0 aliphatic carbocycles. The predicted octanol–water partition coefficient (Wildman–Crippen LogP) is 1.72. The number of aromatic nitrogens is 3. The lowest BCUT2D eigenvalue weighted by Gasteiger charge is -2.32. The molecule has 1 aliphatic heterocycles. The second-order valence-electron chi connectivity index (χ2n) is 5.26. The molecular weight excluding hydrogens is 314 g/mol. The molecule has 0 bridgehead atoms. The fraction of sp³-hybridized carbons (Fsp3) is 0.467. The Hall–Kier alpha value is -2.06. The number of anilines is 1. The zero-order chi connectivity index (χ0) is 16.2. The van der Waals surface area contributed by atoms with Crippen molar-refractivity contribution in [1.82, 2.24) is 19.9 Å². The van der Waals surface area contributed by atoms with Gasteiger partial charge >= 0.3 is 0 Å². The molecule has 1 amide bonds. The van der Waals surface area contributed by atoms with E-state index in [1.807, 2.05) is 19.2 Å². The Labute approximate surface area is 138 Å². The molecule has 8 heteroatoms. The Morgan fingerprint density at radius 1 is 1.48 bits per heavy atom. The van der Waals surface area contributed by atoms with E-state index < -0.39 is 0 Å². The van der Waals surface area contributed by atoms with E-state index in [1.165, 1.54) is 17.7 Å². The summed E-state index contributed by atoms with van der Waals surface area (Å²) in [6.45, 7) is 5.78. The van der Waals surface area contributed by atoms with Crippen LogP contribution in [0.2, 0.25) is 0 Å². The van der Waals surface area contributed by atoms with Gasteiger partial charge in [0.2, 0.25) is 11.8 Å². The third kappa shape index (κ3) is 3.48. The largest absolute Gasteiger partial charge is 0.478 e. The summed E-state index contributed by atoms with van der Waals surface area (Å²) in [5.74, 6) is 0.563. The molecular formula is C15H19N5O2S. The summed E-state index contributed by atoms with van der Waals surface area (Å²) < 4.78 is 5.59. The summed E-state index contributed by atoms with van der Waals surface area (Å²) in [4.78, 5) is 27.1. The molecule has 1 N–H and O–H groups in total. The van der Waals surface area contributed by atoms with Crippen LogP contribution in [0.4, 0.5) is 5.13 Å². The smallest absolute Gasteiger partial charge is 0.243 e. The van der Waals surface area contributed by atoms with Crippen molar-refractivity contribution in [2.24, 2.45) is 0 Å². The summed E-state index contributed by atoms with van der Waals surface area (Å²) in [7, 11) is 0. The number of amides is 1. The van der Waals surface area contributed by atoms with E-state index in [0.29, 0.717) is 24.2 Å². The second kappa shape index (κ2) is 7.01. The highest BCUT2D eigenvalue weighted by Gasteiger charge is 2.28. The first-order valence-electron chi connectivity index (χ1n) is 7.59. The van der Waals surface area contributed by atoms with Crippen molar-refractivity contribution in [3.8, 4) is 5.88 Å². The van der Waals surface area contributed by atoms with E-state index in [-0.39, 0.29) is 11.9 Å². The van der Waals surface area contributed by atoms with Crippen LogP contribution in [0.5, 0.6) is 5.88 Å². The van der Waals surface area contributed by atoms with Gasteiger partial charge in [-0.3, -0.25) is 9.69 Å². The summed E-state index contributed by atoms with van der Waals surface area (Å²) in [6, 6.07) is -0.262. The van der Waals surface area contributed by atoms with E-state index in [0.717, 1.165) is 24.2 Å². The lowest BCUT2D eigenvalue weighted by atomic mass is 10.0. The van der Waals surface area contributed by atoms with Crippen molar-refractivity contribution in [3.05, 3.63) is 29.2 Å². The van der Waals surface area contributed by atoms with Crippen LogP contribution < -0.4 is 10.1 Å². The van der Waals surface area contributed by atoms with E-state index in [4.69, 9.17) is 4.74 Å². The molecule has 0 radical (unpaired) electrons. The molecule has 0 unspecified atom stereocenters. The number of carbonyl (C=O) groups is 1. The second-order valence-corrected chi connectivity index (χ2v) is 6.15. The first-order valence-corrected chi connectivity index (χ1v) is 8.47. The fourth-order valence-electron chi connectivity index (χ4n) is 2.59. The van der Waals surface area contributed by atoms with Gasteiger partial charge in [-0.2, -0.15) is 0 Å². The zero-order valence-electron chi connectivity index (χ0n) is 13.2. The Kier molecular flexibility index (Phi) is 4.82. The summed E-state index contributed by atoms with van der Waals surface area (Å²) in [5.41, 5.74) is 1.99. The van der Waals surface area contributed by atoms with E-state index in [1.54, 1.807) is 6.20 Å². The highest BCUT2D eigenvalue weighted by atomic mass is 32.1. The van der Waals surface area contributed by atoms with Crippen LogP contribution >= 0.6 is 11.3 Å². The average Bonchev–Trinajstić information content (AvgIpc) is 3.07. The molecule has 23 heavy (non-hydrogen) atoms. The van der Waals surface area contributed by atoms with Crippen molar-refractivity contribution in [2.45, 2.75) is 32.9 Å². The third-order valence-electron chi connectivity index (χ3n) is 3.86. The number of hydrogen-bond donors (Lipinski definition) is 1. The van der Waals surface area contributed by atoms with Crippen LogP contribution in [0.25, 0.3) is 0 Å². The summed E-state index contributed by atoms with van der Waals surface area (Å²) in [5, 5.41) is 5.31. The molecule has 1 atom stereocenters. The van der Waals surface area contributed by atoms with Gasteiger partial charge in [0.05, 0.1) is 18.3 Å². The monoisotopic (exact) mass is 333 g/mol. The topological polar surface area (TPSA) is 80.2 Å². The van der Waals surface area contributed by atoms with Gasteiger partial charge in [-0.1, -0.05) is 0 Å². The van der Waals surface area contributed by atoms with Crippen LogP contribution in [0, 0.1) is 0 Å². The average molecular weight is 333 g/mol. The molecule has 3 rings (SSSR count). The van der Waals surface area contributed by atoms with Crippen molar-refractivity contribution < 1.29 is 9.53 Å². The van der Waals surface area contributed by atoms with Gasteiger partial charge in [0.25, 0.3) is 0 Å². The number of rotatable bonds is 5. The minimum Gasteiger partial charge on any atom is -0.478 e. The van der Waals surface area contributed by atoms with Crippen LogP contribution in [0.15, 0.2) is 17.9 Å². The van der Waals surface area contributed by atoms with Gasteiger partial charge in [-0.05, 0) is 13.8 Å². The zero-order valence-corrected chi connectivity index (χ0v) is 14.0. The maximum Gasteiger partial charge on any atom is 0.243 e. The molecule has 1 aliphatic rings. The Morgan fingerprint density at radius 3 is 3.09 bits per heavy atom. The highest BCUT2D eigenvalue weighted by Crippen LogP contribution is 2.26. The van der Waals surface area contributed by atoms with Gasteiger partial charge in [0.15, 0.2) is 5.13 Å². The van der Waals surface area contributed by atoms with E-state index in [9.17, 15) is 4.79 Å². The van der Waals surface area contributed by atoms with Crippen molar-refractivity contribution in [2.75, 3.05) is 18.5 Å². The molecule has 0 spiro atoms. The number of thiazole rings is 1. The van der Waals surface area contributed by atoms with Gasteiger partial charge in [-0.15, -0.1) is 11.3 Å². The minimum atomic E-state index is -0.262. The standard InChI is InChI=1S/C15H19N5O2S/c1-3-22-14-11-8-20(6-4-12(11)17-9-18-14)10(2)13(21)19-15-16-5-7-23-15/h5,7,9-10H,3-4,6,8H2,1-2H3,(H,16,19,21)/t10-/m0/s1. The van der Waals surface area contributed by atoms with E-state index in [2.05, 4.69) is 25.2 Å². The quantitative estimate of drug-likeness (QED) is 0.897. The fourth-order valence-corrected chi connectivity index (χ4v) is 3.12. The van der Waals surface area contributed by atoms with Gasteiger partial charge in [-0.25, -0.2) is 15.0 Å². The number of nitrogens with zero attached hydrogens (tertiary/aromatic N) is 4. The van der Waals surface area contributed by atoms with Gasteiger partial charge < -0.3 is 10.1 Å². The normalized spacial score (nSPS) is 15.7. The number of hydrogen-bond acceptors (Lipinski definition) is 7. The molecule has 0 saturated carbocycles. The SMILES string of the molecule is CCOc1ncnc2c1CN([C@@H](C)C(=O)Nc1nccs1)CC2. The van der Waals surface area contributed by atoms with Crippen molar-refractivity contribution in [3.63, 3.8) is 0 Å². The maximum atomic E-state index is 12.4. The summed E-state index contributed by atoms with van der Waals surface area (Å²) in [6.07, 6.45) is 4.00. The summed E-state index contributed by atoms with van der Waals surface area (Å²) >= 11 is 1.41. The first-order chi connectivity index (χ1) is 11.2. The lowest BCUT2D eigenvalue weighted by Crippen LogP contribution is -2.44. The Balaban J connectivity index is 1.71. The van der Waals surface area contributed by atoms with Crippen molar-refractivity contribution >= 4 is 22.4 Å². The Bertz CT molecular complexity index is 677. The third-order valence-corrected chi connectivity index (χ3v) is 4.55. The number of fused-ring (bicyclic) bond motifs is 1. The number of carbonyl (C=O) groups excluding carboxylic acids is 1. The maximum absolute atomic E-state index is 12.4. The van der Waals surface area contributed by atoms with Gasteiger partial charge in [0.1, 0.15) is 6.33 Å². The molecule has 0 aromatic carbocycles. The van der Waals surface area contributed by atoms with Crippen molar-refractivity contribution in [1.29, 1.82) is 0 Å². The van der Waals surface area contributed by atoms with Crippen LogP contribution in [0.3, 0.4) is 0 Å². The van der Waals surface area contributed by atoms with E-state index >= 15 is 0 Å². The van der Waals surface area contributed by atoms with Crippen LogP contribution in [0.1, 0.15) is 25.1 Å². The predicted molar refractivity (Wildman–Crippen MR) is 87.5 cm³/mol. The number of ether oxygens (including phenoxy) is 1. The Morgan fingerprint density at radius 2 is 2.35 bits per heavy atom. The molecule has 2 aromatic heterocycles. The first kappa shape index (κ1) is 15.8. The molecule has 0 fully saturated rings. The molecule has 0 saturated heterocycles. The molecule has 122 valence electrons. The highest BCUT2D eigenvalue weighted by molar-refractivity contribution is 7.13. The van der Waals surface area contributed by atoms with Gasteiger partial charge in [0, 0.05) is 36.7 Å². The molecule has 2 aromatic rings. The molecule has 3 heterocycles. The number of nitrogens with one attached hydrogen (secondary N) is 1. The lowest BCUT2D eigenvalue weighted by molar-refractivity contribution is -0.121. The molecule has 7 nitrogen and oxygen atoms in total. The van der Waals surface area contributed by atoms with Crippen LogP contribution in [-0.4, -0.2) is 45.0 Å².